The molecule has 0 saturated heterocycles. The molecule has 1 aromatic rings. The van der Waals surface area contributed by atoms with Crippen molar-refractivity contribution >= 4 is 11.6 Å². The number of halogens is 1. The molecule has 0 spiro atoms. The second kappa shape index (κ2) is 3.15. The van der Waals surface area contributed by atoms with Crippen LogP contribution < -0.4 is 5.56 Å². The summed E-state index contributed by atoms with van der Waals surface area (Å²) >= 11 is 5.40. The van der Waals surface area contributed by atoms with Crippen molar-refractivity contribution in [2.75, 3.05) is 0 Å². The van der Waals surface area contributed by atoms with Crippen LogP contribution in [-0.2, 0) is 0 Å². The molecule has 0 aliphatic carbocycles. The minimum Gasteiger partial charge on any atom is -0.492 e. The zero-order chi connectivity index (χ0) is 9.30. The van der Waals surface area contributed by atoms with Crippen LogP contribution in [0.5, 0.6) is 5.88 Å². The van der Waals surface area contributed by atoms with Gasteiger partial charge in [0.05, 0.1) is 0 Å². The molecule has 2 N–H and O–H groups in total. The number of hydrogen-bond acceptors (Lipinski definition) is 3. The number of nitrogens with zero attached hydrogens (tertiary/aromatic N) is 1. The highest BCUT2D eigenvalue weighted by Crippen LogP contribution is 2.16. The van der Waals surface area contributed by atoms with E-state index in [0.717, 1.165) is 0 Å². The highest BCUT2D eigenvalue weighted by atomic mass is 35.5. The fraction of sp³-hybridized carbons (Fsp3) is 0.429. The van der Waals surface area contributed by atoms with Crippen molar-refractivity contribution in [3.8, 4) is 5.88 Å². The number of aromatic nitrogens is 2. The number of nitrogens with one attached hydrogen (secondary N) is 1. The van der Waals surface area contributed by atoms with Crippen LogP contribution in [0.3, 0.4) is 0 Å². The van der Waals surface area contributed by atoms with Crippen LogP contribution in [0, 0.1) is 0 Å². The van der Waals surface area contributed by atoms with Crippen LogP contribution in [-0.4, -0.2) is 15.1 Å². The smallest absolute Gasteiger partial charge is 0.273 e. The van der Waals surface area contributed by atoms with Crippen molar-refractivity contribution in [3.63, 3.8) is 0 Å². The van der Waals surface area contributed by atoms with Gasteiger partial charge in [0.25, 0.3) is 5.56 Å². The first-order chi connectivity index (χ1) is 5.52. The molecule has 1 heterocycles. The molecule has 0 bridgehead atoms. The third kappa shape index (κ3) is 1.58. The lowest BCUT2D eigenvalue weighted by Gasteiger charge is -2.03. The Balaban J connectivity index is 3.31. The zero-order valence-electron chi connectivity index (χ0n) is 6.76. The molecule has 1 rings (SSSR count). The lowest BCUT2D eigenvalue weighted by molar-refractivity contribution is 0.446. The monoisotopic (exact) mass is 188 g/mol. The minimum atomic E-state index is -0.507. The quantitative estimate of drug-likeness (QED) is 0.697. The topological polar surface area (TPSA) is 66.0 Å². The highest BCUT2D eigenvalue weighted by molar-refractivity contribution is 6.31. The van der Waals surface area contributed by atoms with E-state index in [-0.39, 0.29) is 10.9 Å². The molecule has 12 heavy (non-hydrogen) atoms. The summed E-state index contributed by atoms with van der Waals surface area (Å²) in [4.78, 5) is 17.1. The second-order valence-electron chi connectivity index (χ2n) is 2.74. The first-order valence-electron chi connectivity index (χ1n) is 3.51. The third-order valence-electron chi connectivity index (χ3n) is 1.41. The molecule has 0 unspecified atom stereocenters. The Kier molecular flexibility index (Phi) is 2.38. The van der Waals surface area contributed by atoms with Gasteiger partial charge in [0.15, 0.2) is 5.02 Å². The normalized spacial score (nSPS) is 10.7. The van der Waals surface area contributed by atoms with Crippen molar-refractivity contribution in [2.45, 2.75) is 19.8 Å². The van der Waals surface area contributed by atoms with E-state index in [4.69, 9.17) is 16.7 Å². The largest absolute Gasteiger partial charge is 0.492 e. The van der Waals surface area contributed by atoms with Gasteiger partial charge in [0.2, 0.25) is 5.88 Å². The van der Waals surface area contributed by atoms with Crippen molar-refractivity contribution in [1.82, 2.24) is 9.97 Å². The van der Waals surface area contributed by atoms with Crippen LogP contribution in [0.4, 0.5) is 0 Å². The first-order valence-corrected chi connectivity index (χ1v) is 3.89. The highest BCUT2D eigenvalue weighted by Gasteiger charge is 2.09. The van der Waals surface area contributed by atoms with E-state index in [1.807, 2.05) is 13.8 Å². The van der Waals surface area contributed by atoms with Crippen LogP contribution in [0.15, 0.2) is 4.79 Å². The third-order valence-corrected chi connectivity index (χ3v) is 1.75. The summed E-state index contributed by atoms with van der Waals surface area (Å²) in [6, 6.07) is 0. The van der Waals surface area contributed by atoms with Gasteiger partial charge in [-0.1, -0.05) is 25.4 Å². The molecule has 0 radical (unpaired) electrons. The molecule has 5 heteroatoms. The van der Waals surface area contributed by atoms with Crippen molar-refractivity contribution in [3.05, 3.63) is 21.2 Å². The summed E-state index contributed by atoms with van der Waals surface area (Å²) in [5.41, 5.74) is -0.507. The molecule has 0 saturated carbocycles. The molecule has 0 aliphatic heterocycles. The lowest BCUT2D eigenvalue weighted by Crippen LogP contribution is -2.12. The van der Waals surface area contributed by atoms with Crippen molar-refractivity contribution in [1.29, 1.82) is 0 Å². The molecule has 0 amide bonds. The number of H-pyrrole nitrogens is 1. The molecule has 0 aliphatic rings. The molecule has 0 aromatic carbocycles. The van der Waals surface area contributed by atoms with E-state index in [0.29, 0.717) is 5.82 Å². The van der Waals surface area contributed by atoms with Gasteiger partial charge in [-0.25, -0.2) is 0 Å². The fourth-order valence-electron chi connectivity index (χ4n) is 0.737. The summed E-state index contributed by atoms with van der Waals surface area (Å²) in [6.07, 6.45) is 0. The van der Waals surface area contributed by atoms with E-state index in [1.165, 1.54) is 0 Å². The Bertz CT molecular complexity index is 346. The first kappa shape index (κ1) is 9.06. The van der Waals surface area contributed by atoms with Crippen LogP contribution in [0.25, 0.3) is 0 Å². The minimum absolute atomic E-state index is 0.0564. The molecule has 4 nitrogen and oxygen atoms in total. The predicted octanol–water partition coefficient (Wildman–Crippen LogP) is 1.25. The van der Waals surface area contributed by atoms with Crippen molar-refractivity contribution < 1.29 is 5.11 Å². The van der Waals surface area contributed by atoms with Crippen molar-refractivity contribution in [2.24, 2.45) is 0 Å². The fourth-order valence-corrected chi connectivity index (χ4v) is 0.827. The summed E-state index contributed by atoms with van der Waals surface area (Å²) in [7, 11) is 0. The van der Waals surface area contributed by atoms with Gasteiger partial charge < -0.3 is 10.1 Å². The Morgan fingerprint density at radius 3 is 2.58 bits per heavy atom. The standard InChI is InChI=1S/C7H9ClN2O2/c1-3(2)5-9-6(11)4(8)7(12)10-5/h3H,1-2H3,(H2,9,10,11,12). The Labute approximate surface area is 74.2 Å². The number of hydrogen-bond donors (Lipinski definition) is 2. The Hall–Kier alpha value is -1.03. The average molecular weight is 189 g/mol. The predicted molar refractivity (Wildman–Crippen MR) is 45.6 cm³/mol. The zero-order valence-corrected chi connectivity index (χ0v) is 7.51. The van der Waals surface area contributed by atoms with Crippen LogP contribution in [0.2, 0.25) is 5.02 Å². The van der Waals surface area contributed by atoms with Gasteiger partial charge in [-0.3, -0.25) is 4.79 Å². The van der Waals surface area contributed by atoms with E-state index < -0.39 is 11.4 Å². The summed E-state index contributed by atoms with van der Waals surface area (Å²) in [5, 5.41) is 8.80. The van der Waals surface area contributed by atoms with Crippen LogP contribution >= 0.6 is 11.6 Å². The number of aromatic amines is 1. The Morgan fingerprint density at radius 1 is 1.58 bits per heavy atom. The average Bonchev–Trinajstić information content (AvgIpc) is 1.99. The molecule has 0 fully saturated rings. The van der Waals surface area contributed by atoms with Gasteiger partial charge in [-0.15, -0.1) is 0 Å². The molecular weight excluding hydrogens is 180 g/mol. The molecule has 66 valence electrons. The maximum atomic E-state index is 11.0. The number of rotatable bonds is 1. The van der Waals surface area contributed by atoms with Gasteiger partial charge in [0.1, 0.15) is 5.82 Å². The maximum Gasteiger partial charge on any atom is 0.273 e. The van der Waals surface area contributed by atoms with Crippen LogP contribution in [0.1, 0.15) is 25.6 Å². The van der Waals surface area contributed by atoms with Gasteiger partial charge in [-0.2, -0.15) is 4.98 Å². The molecule has 1 aromatic heterocycles. The summed E-state index contributed by atoms with van der Waals surface area (Å²) < 4.78 is 0. The molecule has 0 atom stereocenters. The molecular formula is C7H9ClN2O2. The lowest BCUT2D eigenvalue weighted by atomic mass is 10.2. The van der Waals surface area contributed by atoms with E-state index in [1.54, 1.807) is 0 Å². The maximum absolute atomic E-state index is 11.0. The number of aromatic hydroxyl groups is 1. The van der Waals surface area contributed by atoms with E-state index in [2.05, 4.69) is 9.97 Å². The Morgan fingerprint density at radius 2 is 2.17 bits per heavy atom. The SMILES string of the molecule is CC(C)c1nc(O)c(Cl)c(=O)[nH]1. The van der Waals surface area contributed by atoms with E-state index >= 15 is 0 Å². The summed E-state index contributed by atoms with van der Waals surface area (Å²) in [6.45, 7) is 3.71. The van der Waals surface area contributed by atoms with Gasteiger partial charge in [0, 0.05) is 5.92 Å². The van der Waals surface area contributed by atoms with E-state index in [9.17, 15) is 4.79 Å². The second-order valence-corrected chi connectivity index (χ2v) is 3.12. The van der Waals surface area contributed by atoms with Gasteiger partial charge >= 0.3 is 0 Å². The van der Waals surface area contributed by atoms with Gasteiger partial charge in [-0.05, 0) is 0 Å². The summed E-state index contributed by atoms with van der Waals surface area (Å²) in [5.74, 6) is 0.0758.